The molecule has 3 nitrogen and oxygen atoms in total. The molecule has 7 rings (SSSR count). The Balaban J connectivity index is 1.49. The summed E-state index contributed by atoms with van der Waals surface area (Å²) in [6.45, 7) is 6.80. The average Bonchev–Trinajstić information content (AvgIpc) is 3.35. The Morgan fingerprint density at radius 1 is 0.488 bits per heavy atom. The van der Waals surface area contributed by atoms with Crippen molar-refractivity contribution in [2.24, 2.45) is 0 Å². The van der Waals surface area contributed by atoms with Gasteiger partial charge in [0.1, 0.15) is 0 Å². The van der Waals surface area contributed by atoms with Crippen molar-refractivity contribution in [3.63, 3.8) is 0 Å². The van der Waals surface area contributed by atoms with Gasteiger partial charge in [0.05, 0.1) is 22.4 Å². The first-order valence-corrected chi connectivity index (χ1v) is 14.1. The quantitative estimate of drug-likeness (QED) is 0.227. The van der Waals surface area contributed by atoms with Crippen LogP contribution in [0.15, 0.2) is 133 Å². The molecule has 5 aromatic carbocycles. The van der Waals surface area contributed by atoms with E-state index < -0.39 is 0 Å². The lowest BCUT2D eigenvalue weighted by molar-refractivity contribution is 0.591. The fourth-order valence-electron chi connectivity index (χ4n) is 5.57. The van der Waals surface area contributed by atoms with E-state index in [2.05, 4.69) is 147 Å². The predicted molar refractivity (Wildman–Crippen MR) is 171 cm³/mol. The molecule has 0 aliphatic carbocycles. The topological polar surface area (TPSA) is 30.7 Å². The molecule has 0 aliphatic rings. The fourth-order valence-corrected chi connectivity index (χ4v) is 5.57. The second-order valence-electron chi connectivity index (χ2n) is 11.6. The van der Waals surface area contributed by atoms with Gasteiger partial charge in [-0.05, 0) is 59.5 Å². The summed E-state index contributed by atoms with van der Waals surface area (Å²) < 4.78 is 2.36. The number of nitrogens with zero attached hydrogens (tertiary/aromatic N) is 3. The zero-order valence-electron chi connectivity index (χ0n) is 23.5. The zero-order chi connectivity index (χ0) is 28.0. The van der Waals surface area contributed by atoms with E-state index in [-0.39, 0.29) is 5.41 Å². The first-order chi connectivity index (χ1) is 20.0. The van der Waals surface area contributed by atoms with Gasteiger partial charge >= 0.3 is 0 Å². The highest BCUT2D eigenvalue weighted by Crippen LogP contribution is 2.37. The molecule has 0 spiro atoms. The average molecular weight is 530 g/mol. The minimum Gasteiger partial charge on any atom is -0.309 e. The number of fused-ring (bicyclic) bond motifs is 3. The summed E-state index contributed by atoms with van der Waals surface area (Å²) in [5, 5.41) is 2.43. The van der Waals surface area contributed by atoms with E-state index in [1.54, 1.807) is 0 Å². The molecule has 198 valence electrons. The third-order valence-corrected chi connectivity index (χ3v) is 7.77. The van der Waals surface area contributed by atoms with Crippen molar-refractivity contribution in [3.8, 4) is 39.6 Å². The van der Waals surface area contributed by atoms with Gasteiger partial charge in [0.25, 0.3) is 0 Å². The van der Waals surface area contributed by atoms with Crippen LogP contribution in [0.4, 0.5) is 0 Å². The Morgan fingerprint density at radius 2 is 1.00 bits per heavy atom. The summed E-state index contributed by atoms with van der Waals surface area (Å²) in [5.74, 6) is 0.722. The molecule has 0 saturated carbocycles. The maximum atomic E-state index is 5.09. The molecule has 0 N–H and O–H groups in total. The summed E-state index contributed by atoms with van der Waals surface area (Å²) in [6.07, 6.45) is 0. The van der Waals surface area contributed by atoms with Gasteiger partial charge in [-0.2, -0.15) is 0 Å². The molecule has 0 amide bonds. The van der Waals surface area contributed by atoms with Gasteiger partial charge in [-0.3, -0.25) is 0 Å². The SMILES string of the molecule is CC(C)(C)c1ccc2c(c1)c1cc(-c3nc(-c4ccccc4)cc(-c4ccccc4)n3)ccc1n2-c1ccccc1. The molecule has 2 aromatic heterocycles. The lowest BCUT2D eigenvalue weighted by Crippen LogP contribution is -2.10. The first kappa shape index (κ1) is 25.0. The molecular weight excluding hydrogens is 498 g/mol. The van der Waals surface area contributed by atoms with E-state index >= 15 is 0 Å². The first-order valence-electron chi connectivity index (χ1n) is 14.1. The third kappa shape index (κ3) is 4.60. The highest BCUT2D eigenvalue weighted by atomic mass is 15.0. The van der Waals surface area contributed by atoms with Crippen LogP contribution in [0.5, 0.6) is 0 Å². The van der Waals surface area contributed by atoms with E-state index in [0.717, 1.165) is 39.6 Å². The van der Waals surface area contributed by atoms with Gasteiger partial charge in [0, 0.05) is 33.2 Å². The second kappa shape index (κ2) is 9.87. The Hall–Kier alpha value is -5.02. The number of hydrogen-bond donors (Lipinski definition) is 0. The molecule has 41 heavy (non-hydrogen) atoms. The molecule has 0 saturated heterocycles. The van der Waals surface area contributed by atoms with Gasteiger partial charge in [-0.25, -0.2) is 9.97 Å². The van der Waals surface area contributed by atoms with E-state index in [4.69, 9.17) is 9.97 Å². The molecule has 3 heteroatoms. The van der Waals surface area contributed by atoms with Crippen molar-refractivity contribution >= 4 is 21.8 Å². The van der Waals surface area contributed by atoms with Gasteiger partial charge in [0.2, 0.25) is 0 Å². The summed E-state index contributed by atoms with van der Waals surface area (Å²) in [5.41, 5.74) is 9.85. The maximum Gasteiger partial charge on any atom is 0.160 e. The standard InChI is InChI=1S/C38H31N3/c1-38(2,3)29-20-22-36-32(24-29)31-23-28(19-21-35(31)41(36)30-17-11-6-12-18-30)37-39-33(26-13-7-4-8-14-26)25-34(40-37)27-15-9-5-10-16-27/h4-25H,1-3H3. The van der Waals surface area contributed by atoms with Crippen LogP contribution in [0.2, 0.25) is 0 Å². The van der Waals surface area contributed by atoms with E-state index in [0.29, 0.717) is 0 Å². The Bertz CT molecular complexity index is 1940. The van der Waals surface area contributed by atoms with Crippen molar-refractivity contribution in [3.05, 3.63) is 139 Å². The van der Waals surface area contributed by atoms with Crippen molar-refractivity contribution in [1.29, 1.82) is 0 Å². The number of rotatable bonds is 4. The Kier molecular flexibility index (Phi) is 6.01. The Morgan fingerprint density at radius 3 is 1.56 bits per heavy atom. The summed E-state index contributed by atoms with van der Waals surface area (Å²) in [4.78, 5) is 10.2. The zero-order valence-corrected chi connectivity index (χ0v) is 23.5. The minimum atomic E-state index is 0.0463. The molecule has 7 aromatic rings. The monoisotopic (exact) mass is 529 g/mol. The van der Waals surface area contributed by atoms with Crippen LogP contribution in [-0.2, 0) is 5.41 Å². The van der Waals surface area contributed by atoms with Crippen LogP contribution in [-0.4, -0.2) is 14.5 Å². The van der Waals surface area contributed by atoms with Crippen molar-refractivity contribution in [2.45, 2.75) is 26.2 Å². The highest BCUT2D eigenvalue weighted by molar-refractivity contribution is 6.10. The van der Waals surface area contributed by atoms with Crippen LogP contribution in [0.1, 0.15) is 26.3 Å². The van der Waals surface area contributed by atoms with Gasteiger partial charge in [-0.15, -0.1) is 0 Å². The van der Waals surface area contributed by atoms with Crippen molar-refractivity contribution in [1.82, 2.24) is 14.5 Å². The number of aromatic nitrogens is 3. The number of para-hydroxylation sites is 1. The lowest BCUT2D eigenvalue weighted by atomic mass is 9.86. The highest BCUT2D eigenvalue weighted by Gasteiger charge is 2.19. The molecule has 0 atom stereocenters. The van der Waals surface area contributed by atoms with E-state index in [1.807, 2.05) is 12.1 Å². The number of benzene rings is 5. The minimum absolute atomic E-state index is 0.0463. The number of hydrogen-bond acceptors (Lipinski definition) is 2. The predicted octanol–water partition coefficient (Wildman–Crippen LogP) is 9.87. The molecule has 0 radical (unpaired) electrons. The van der Waals surface area contributed by atoms with E-state index in [9.17, 15) is 0 Å². The van der Waals surface area contributed by atoms with Gasteiger partial charge in [-0.1, -0.05) is 106 Å². The lowest BCUT2D eigenvalue weighted by Gasteiger charge is -2.19. The molecule has 0 aliphatic heterocycles. The Labute approximate surface area is 240 Å². The molecule has 0 unspecified atom stereocenters. The molecule has 2 heterocycles. The largest absolute Gasteiger partial charge is 0.309 e. The van der Waals surface area contributed by atoms with Crippen LogP contribution >= 0.6 is 0 Å². The molecule has 0 fully saturated rings. The second-order valence-corrected chi connectivity index (χ2v) is 11.6. The van der Waals surface area contributed by atoms with Crippen molar-refractivity contribution < 1.29 is 0 Å². The van der Waals surface area contributed by atoms with Crippen molar-refractivity contribution in [2.75, 3.05) is 0 Å². The molecule has 0 bridgehead atoms. The van der Waals surface area contributed by atoms with Crippen LogP contribution in [0, 0.1) is 0 Å². The van der Waals surface area contributed by atoms with Gasteiger partial charge in [0.15, 0.2) is 5.82 Å². The summed E-state index contributed by atoms with van der Waals surface area (Å²) >= 11 is 0. The summed E-state index contributed by atoms with van der Waals surface area (Å²) in [6, 6.07) is 46.9. The van der Waals surface area contributed by atoms with Gasteiger partial charge < -0.3 is 4.57 Å². The molecular formula is C38H31N3. The fraction of sp³-hybridized carbons (Fsp3) is 0.105. The van der Waals surface area contributed by atoms with E-state index in [1.165, 1.54) is 27.4 Å². The summed E-state index contributed by atoms with van der Waals surface area (Å²) in [7, 11) is 0. The maximum absolute atomic E-state index is 5.09. The smallest absolute Gasteiger partial charge is 0.160 e. The van der Waals surface area contributed by atoms with Crippen LogP contribution in [0.25, 0.3) is 61.4 Å². The normalized spacial score (nSPS) is 11.8. The van der Waals surface area contributed by atoms with Crippen LogP contribution < -0.4 is 0 Å². The van der Waals surface area contributed by atoms with Crippen LogP contribution in [0.3, 0.4) is 0 Å². The third-order valence-electron chi connectivity index (χ3n) is 7.77.